The van der Waals surface area contributed by atoms with Crippen LogP contribution in [0.15, 0.2) is 41.5 Å². The van der Waals surface area contributed by atoms with Crippen molar-refractivity contribution in [1.82, 2.24) is 19.4 Å². The van der Waals surface area contributed by atoms with Crippen molar-refractivity contribution in [1.29, 1.82) is 0 Å². The van der Waals surface area contributed by atoms with Crippen LogP contribution in [0.1, 0.15) is 18.2 Å². The topological polar surface area (TPSA) is 75.5 Å². The molecule has 0 N–H and O–H groups in total. The zero-order chi connectivity index (χ0) is 21.3. The number of rotatable bonds is 4. The Morgan fingerprint density at radius 1 is 1.07 bits per heavy atom. The Balaban J connectivity index is 1.53. The number of aryl methyl sites for hydroxylation is 2. The molecule has 0 unspecified atom stereocenters. The SMILES string of the molecule is CC(=O)N1CCN(C(=O)CCn2cnc3sc(C)c(-c4ccccc4)c3c2=O)CC1. The maximum absolute atomic E-state index is 13.2. The smallest absolute Gasteiger partial charge is 0.262 e. The average molecular weight is 425 g/mol. The predicted octanol–water partition coefficient (Wildman–Crippen LogP) is 2.51. The Morgan fingerprint density at radius 2 is 1.73 bits per heavy atom. The van der Waals surface area contributed by atoms with Crippen LogP contribution in [0, 0.1) is 6.92 Å². The van der Waals surface area contributed by atoms with Crippen LogP contribution in [-0.2, 0) is 16.1 Å². The molecule has 7 nitrogen and oxygen atoms in total. The van der Waals surface area contributed by atoms with Crippen molar-refractivity contribution in [3.8, 4) is 11.1 Å². The Labute approximate surface area is 178 Å². The minimum atomic E-state index is -0.114. The van der Waals surface area contributed by atoms with E-state index in [0.717, 1.165) is 20.8 Å². The fourth-order valence-corrected chi connectivity index (χ4v) is 4.90. The molecule has 2 aromatic heterocycles. The summed E-state index contributed by atoms with van der Waals surface area (Å²) in [5.74, 6) is 0.0308. The number of aromatic nitrogens is 2. The van der Waals surface area contributed by atoms with Crippen molar-refractivity contribution in [3.05, 3.63) is 51.9 Å². The summed E-state index contributed by atoms with van der Waals surface area (Å²) < 4.78 is 1.53. The minimum Gasteiger partial charge on any atom is -0.339 e. The molecule has 0 spiro atoms. The second kappa shape index (κ2) is 8.39. The van der Waals surface area contributed by atoms with Gasteiger partial charge >= 0.3 is 0 Å². The van der Waals surface area contributed by atoms with E-state index in [2.05, 4.69) is 4.98 Å². The summed E-state index contributed by atoms with van der Waals surface area (Å²) >= 11 is 1.51. The molecule has 3 aromatic rings. The van der Waals surface area contributed by atoms with Gasteiger partial charge in [0.15, 0.2) is 0 Å². The Bertz CT molecular complexity index is 1140. The fraction of sp³-hybridized carbons (Fsp3) is 0.364. The molecule has 0 saturated carbocycles. The molecule has 1 aliphatic rings. The van der Waals surface area contributed by atoms with Gasteiger partial charge in [-0.05, 0) is 12.5 Å². The number of carbonyl (C=O) groups excluding carboxylic acids is 2. The van der Waals surface area contributed by atoms with Crippen LogP contribution >= 0.6 is 11.3 Å². The van der Waals surface area contributed by atoms with E-state index >= 15 is 0 Å². The van der Waals surface area contributed by atoms with Gasteiger partial charge in [0, 0.05) is 56.5 Å². The first-order valence-corrected chi connectivity index (χ1v) is 10.8. The molecule has 1 aromatic carbocycles. The Hall–Kier alpha value is -3.00. The van der Waals surface area contributed by atoms with Gasteiger partial charge in [0.25, 0.3) is 5.56 Å². The second-order valence-corrected chi connectivity index (χ2v) is 8.66. The molecular weight excluding hydrogens is 400 g/mol. The van der Waals surface area contributed by atoms with Gasteiger partial charge in [-0.15, -0.1) is 11.3 Å². The predicted molar refractivity (Wildman–Crippen MR) is 118 cm³/mol. The quantitative estimate of drug-likeness (QED) is 0.645. The van der Waals surface area contributed by atoms with Crippen molar-refractivity contribution in [2.45, 2.75) is 26.8 Å². The zero-order valence-electron chi connectivity index (χ0n) is 17.1. The van der Waals surface area contributed by atoms with Gasteiger partial charge in [-0.25, -0.2) is 4.98 Å². The minimum absolute atomic E-state index is 0.00465. The highest BCUT2D eigenvalue weighted by molar-refractivity contribution is 7.19. The lowest BCUT2D eigenvalue weighted by Gasteiger charge is -2.34. The third-order valence-corrected chi connectivity index (χ3v) is 6.57. The van der Waals surface area contributed by atoms with Crippen molar-refractivity contribution in [3.63, 3.8) is 0 Å². The average Bonchev–Trinajstić information content (AvgIpc) is 3.10. The van der Waals surface area contributed by atoms with Gasteiger partial charge in [-0.3, -0.25) is 19.0 Å². The molecular formula is C22H24N4O3S. The lowest BCUT2D eigenvalue weighted by atomic mass is 10.0. The first-order valence-electron chi connectivity index (χ1n) is 10.0. The molecule has 3 heterocycles. The van der Waals surface area contributed by atoms with Crippen LogP contribution in [0.4, 0.5) is 0 Å². The summed E-state index contributed by atoms with van der Waals surface area (Å²) in [7, 11) is 0. The number of benzene rings is 1. The van der Waals surface area contributed by atoms with E-state index in [1.807, 2.05) is 37.3 Å². The monoisotopic (exact) mass is 424 g/mol. The van der Waals surface area contributed by atoms with Gasteiger partial charge in [0.05, 0.1) is 11.7 Å². The number of carbonyl (C=O) groups is 2. The number of fused-ring (bicyclic) bond motifs is 1. The summed E-state index contributed by atoms with van der Waals surface area (Å²) in [6.45, 7) is 6.02. The molecule has 0 bridgehead atoms. The van der Waals surface area contributed by atoms with E-state index < -0.39 is 0 Å². The summed E-state index contributed by atoms with van der Waals surface area (Å²) in [5, 5.41) is 0.619. The van der Waals surface area contributed by atoms with E-state index in [1.54, 1.807) is 16.7 Å². The lowest BCUT2D eigenvalue weighted by molar-refractivity contribution is -0.138. The van der Waals surface area contributed by atoms with Crippen molar-refractivity contribution >= 4 is 33.4 Å². The normalized spacial score (nSPS) is 14.3. The van der Waals surface area contributed by atoms with Crippen molar-refractivity contribution in [2.24, 2.45) is 0 Å². The molecule has 30 heavy (non-hydrogen) atoms. The highest BCUT2D eigenvalue weighted by Crippen LogP contribution is 2.35. The Morgan fingerprint density at radius 3 is 2.40 bits per heavy atom. The molecule has 1 aliphatic heterocycles. The first kappa shape index (κ1) is 20.3. The van der Waals surface area contributed by atoms with Crippen LogP contribution in [0.3, 0.4) is 0 Å². The molecule has 156 valence electrons. The third-order valence-electron chi connectivity index (χ3n) is 5.56. The number of thiophene rings is 1. The van der Waals surface area contributed by atoms with Gasteiger partial charge in [-0.1, -0.05) is 30.3 Å². The third kappa shape index (κ3) is 3.87. The van der Waals surface area contributed by atoms with Crippen LogP contribution in [0.2, 0.25) is 0 Å². The summed E-state index contributed by atoms with van der Waals surface area (Å²) in [5.41, 5.74) is 1.81. The summed E-state index contributed by atoms with van der Waals surface area (Å²) in [6, 6.07) is 9.85. The van der Waals surface area contributed by atoms with Gasteiger partial charge in [0.1, 0.15) is 4.83 Å². The molecule has 0 atom stereocenters. The number of amides is 2. The number of hydrogen-bond donors (Lipinski definition) is 0. The maximum Gasteiger partial charge on any atom is 0.262 e. The largest absolute Gasteiger partial charge is 0.339 e. The van der Waals surface area contributed by atoms with Gasteiger partial charge in [-0.2, -0.15) is 0 Å². The van der Waals surface area contributed by atoms with Crippen molar-refractivity contribution in [2.75, 3.05) is 26.2 Å². The fourth-order valence-electron chi connectivity index (χ4n) is 3.89. The van der Waals surface area contributed by atoms with Crippen molar-refractivity contribution < 1.29 is 9.59 Å². The number of hydrogen-bond acceptors (Lipinski definition) is 5. The molecule has 1 fully saturated rings. The number of piperazine rings is 1. The highest BCUT2D eigenvalue weighted by atomic mass is 32.1. The van der Waals surface area contributed by atoms with Crippen LogP contribution in [-0.4, -0.2) is 57.3 Å². The maximum atomic E-state index is 13.2. The molecule has 0 radical (unpaired) electrons. The summed E-state index contributed by atoms with van der Waals surface area (Å²) in [6.07, 6.45) is 1.77. The van der Waals surface area contributed by atoms with Crippen LogP contribution in [0.5, 0.6) is 0 Å². The standard InChI is InChI=1S/C22H24N4O3S/c1-15-19(17-6-4-3-5-7-17)20-21(30-15)23-14-26(22(20)29)9-8-18(28)25-12-10-24(11-13-25)16(2)27/h3-7,14H,8-13H2,1-2H3. The van der Waals surface area contributed by atoms with E-state index in [-0.39, 0.29) is 30.3 Å². The van der Waals surface area contributed by atoms with E-state index in [4.69, 9.17) is 0 Å². The van der Waals surface area contributed by atoms with Crippen LogP contribution in [0.25, 0.3) is 21.3 Å². The first-order chi connectivity index (χ1) is 14.5. The molecule has 8 heteroatoms. The molecule has 0 aliphatic carbocycles. The lowest BCUT2D eigenvalue weighted by Crippen LogP contribution is -2.50. The highest BCUT2D eigenvalue weighted by Gasteiger charge is 2.22. The van der Waals surface area contributed by atoms with E-state index in [9.17, 15) is 14.4 Å². The molecule has 2 amide bonds. The second-order valence-electron chi connectivity index (χ2n) is 7.46. The summed E-state index contributed by atoms with van der Waals surface area (Å²) in [4.78, 5) is 47.0. The van der Waals surface area contributed by atoms with Crippen LogP contribution < -0.4 is 5.56 Å². The van der Waals surface area contributed by atoms with Gasteiger partial charge in [0.2, 0.25) is 11.8 Å². The molecule has 1 saturated heterocycles. The molecule has 4 rings (SSSR count). The van der Waals surface area contributed by atoms with E-state index in [1.165, 1.54) is 22.2 Å². The Kier molecular flexibility index (Phi) is 5.67. The number of nitrogens with zero attached hydrogens (tertiary/aromatic N) is 4. The zero-order valence-corrected chi connectivity index (χ0v) is 17.9. The van der Waals surface area contributed by atoms with Gasteiger partial charge < -0.3 is 9.80 Å². The van der Waals surface area contributed by atoms with E-state index in [0.29, 0.717) is 31.6 Å².